The summed E-state index contributed by atoms with van der Waals surface area (Å²) in [7, 11) is 0. The summed E-state index contributed by atoms with van der Waals surface area (Å²) in [6, 6.07) is 1.73. The lowest BCUT2D eigenvalue weighted by Crippen LogP contribution is -2.60. The SMILES string of the molecule is CSCC[C@H](NC(=O)[C@H](CS)NC(=O)CNC(=O)[C@H](CC(C)C)NC(=O)[C@H](CO)NC(=O)[C@@H](N)Cc1c[nH]c2ccccc12)C(=O)N[C@@H](C)C(=O)N[C@@H](C)C(=O)N[C@@H](CCC(=O)O)C(=O)N[C@@H](CC(C)C)C(=O)N[C@@H](Cc1ccccc1)C(=O)N[C@@H](CC(C)C)C(=O)NCC(=O)N[C@@H](CC(C)C)C(=O)N1CCC[C@H]1C(=O)N[C@@H](CC(C)C)C(=O)N[C@@H](Cc1ccccc1)C(=O)N1CCC[C@H]1C(=O)NCC(=O)N[C@@H](C)C(=O)O. The van der Waals surface area contributed by atoms with Gasteiger partial charge in [0.05, 0.1) is 32.3 Å². The van der Waals surface area contributed by atoms with Crippen molar-refractivity contribution in [3.63, 3.8) is 0 Å². The Kier molecular flexibility index (Phi) is 51.1. The third-order valence-corrected chi connectivity index (χ3v) is 25.3. The Balaban J connectivity index is 1.06. The van der Waals surface area contributed by atoms with Gasteiger partial charge in [-0.1, -0.05) is 148 Å². The maximum absolute atomic E-state index is 14.8. The topological polar surface area (TPSA) is 672 Å². The van der Waals surface area contributed by atoms with Crippen LogP contribution in [0.25, 0.3) is 10.9 Å². The third-order valence-electron chi connectivity index (χ3n) is 24.3. The van der Waals surface area contributed by atoms with Gasteiger partial charge in [-0.2, -0.15) is 24.4 Å². The normalized spacial score (nSPS) is 16.5. The number of hydrogen-bond acceptors (Lipinski definition) is 25. The Morgan fingerprint density at radius 2 is 0.762 bits per heavy atom. The fraction of sp³-hybridized carbons (Fsp3) is 0.590. The van der Waals surface area contributed by atoms with Crippen LogP contribution in [0.4, 0.5) is 0 Å². The highest BCUT2D eigenvalue weighted by Crippen LogP contribution is 2.26. The third kappa shape index (κ3) is 41.1. The molecule has 2 aliphatic heterocycles. The number of fused-ring (bicyclic) bond motifs is 1. The van der Waals surface area contributed by atoms with E-state index >= 15 is 0 Å². The number of rotatable bonds is 61. The number of nitrogens with two attached hydrogens (primary N) is 1. The molecule has 0 aliphatic carbocycles. The number of thioether (sulfide) groups is 1. The number of nitrogens with zero attached hydrogens (tertiary/aromatic N) is 2. The van der Waals surface area contributed by atoms with Crippen molar-refractivity contribution in [2.75, 3.05) is 57.1 Å². The van der Waals surface area contributed by atoms with Gasteiger partial charge in [0, 0.05) is 55.2 Å². The molecule has 0 spiro atoms. The van der Waals surface area contributed by atoms with Gasteiger partial charge in [-0.15, -0.1) is 0 Å². The van der Waals surface area contributed by atoms with Gasteiger partial charge >= 0.3 is 11.9 Å². The number of benzene rings is 3. The molecule has 2 saturated heterocycles. The second kappa shape index (κ2) is 61.3. The van der Waals surface area contributed by atoms with Gasteiger partial charge in [-0.05, 0) is 162 Å². The molecule has 3 heterocycles. The van der Waals surface area contributed by atoms with Crippen molar-refractivity contribution >= 4 is 159 Å². The van der Waals surface area contributed by atoms with E-state index in [1.54, 1.807) is 129 Å². The minimum atomic E-state index is -1.69. The van der Waals surface area contributed by atoms with Crippen LogP contribution < -0.4 is 96.1 Å². The number of carboxylic acid groups (broad SMARTS) is 2. The molecule has 0 radical (unpaired) electrons. The number of carbonyl (C=O) groups is 21. The molecule has 45 nitrogen and oxygen atoms in total. The van der Waals surface area contributed by atoms with E-state index in [4.69, 9.17) is 5.73 Å². The fourth-order valence-electron chi connectivity index (χ4n) is 16.7. The van der Waals surface area contributed by atoms with Crippen molar-refractivity contribution in [2.24, 2.45) is 35.3 Å². The smallest absolute Gasteiger partial charge is 0.325 e. The van der Waals surface area contributed by atoms with Crippen molar-refractivity contribution in [2.45, 2.75) is 289 Å². The molecule has 2 aliphatic rings. The number of aromatic nitrogens is 1. The zero-order valence-electron chi connectivity index (χ0n) is 85.9. The highest BCUT2D eigenvalue weighted by atomic mass is 32.2. The zero-order valence-corrected chi connectivity index (χ0v) is 87.6. The van der Waals surface area contributed by atoms with E-state index < -0.39 is 266 Å². The minimum absolute atomic E-state index is 0.0107. The van der Waals surface area contributed by atoms with E-state index in [1.807, 2.05) is 38.1 Å². The molecule has 47 heteroatoms. The first kappa shape index (κ1) is 122. The molecule has 17 atom stereocenters. The van der Waals surface area contributed by atoms with E-state index in [0.29, 0.717) is 24.0 Å². The fourth-order valence-corrected chi connectivity index (χ4v) is 17.4. The first-order valence-electron chi connectivity index (χ1n) is 49.7. The molecule has 147 heavy (non-hydrogen) atoms. The van der Waals surface area contributed by atoms with Crippen molar-refractivity contribution in [3.8, 4) is 0 Å². The Morgan fingerprint density at radius 1 is 0.388 bits per heavy atom. The summed E-state index contributed by atoms with van der Waals surface area (Å²) < 4.78 is 0. The Morgan fingerprint density at radius 3 is 1.26 bits per heavy atom. The van der Waals surface area contributed by atoms with Gasteiger partial charge in [0.2, 0.25) is 112 Å². The second-order valence-electron chi connectivity index (χ2n) is 39.2. The molecule has 3 aromatic carbocycles. The molecule has 0 bridgehead atoms. The Bertz CT molecular complexity index is 5190. The molecule has 19 amide bonds. The second-order valence-corrected chi connectivity index (χ2v) is 40.5. The van der Waals surface area contributed by atoms with E-state index in [9.17, 15) is 116 Å². The monoisotopic (exact) mass is 2090 g/mol. The predicted octanol–water partition coefficient (Wildman–Crippen LogP) is -1.44. The maximum Gasteiger partial charge on any atom is 0.325 e. The van der Waals surface area contributed by atoms with Gasteiger partial charge in [-0.25, -0.2) is 0 Å². The number of aromatic amines is 1. The molecule has 6 rings (SSSR count). The summed E-state index contributed by atoms with van der Waals surface area (Å²) in [4.78, 5) is 296. The zero-order chi connectivity index (χ0) is 109. The van der Waals surface area contributed by atoms with Crippen LogP contribution in [0.15, 0.2) is 91.1 Å². The number of likely N-dealkylation sites (tertiary alicyclic amines) is 2. The summed E-state index contributed by atoms with van der Waals surface area (Å²) in [5.41, 5.74) is 8.98. The molecule has 0 unspecified atom stereocenters. The van der Waals surface area contributed by atoms with Crippen LogP contribution in [-0.2, 0) is 120 Å². The first-order valence-corrected chi connectivity index (χ1v) is 51.7. The molecule has 23 N–H and O–H groups in total. The number of aliphatic hydroxyl groups is 1. The number of aliphatic carboxylic acids is 2. The lowest BCUT2D eigenvalue weighted by molar-refractivity contribution is -0.143. The Labute approximate surface area is 865 Å². The van der Waals surface area contributed by atoms with E-state index in [1.165, 1.54) is 42.3 Å². The predicted molar refractivity (Wildman–Crippen MR) is 549 cm³/mol. The lowest BCUT2D eigenvalue weighted by Gasteiger charge is -2.32. The number of H-pyrrole nitrogens is 1. The van der Waals surface area contributed by atoms with Gasteiger partial charge in [0.25, 0.3) is 0 Å². The van der Waals surface area contributed by atoms with Crippen LogP contribution >= 0.6 is 24.4 Å². The van der Waals surface area contributed by atoms with E-state index in [-0.39, 0.29) is 125 Å². The van der Waals surface area contributed by atoms with Crippen LogP contribution in [0.3, 0.4) is 0 Å². The van der Waals surface area contributed by atoms with Gasteiger partial charge < -0.3 is 126 Å². The first-order chi connectivity index (χ1) is 69.5. The summed E-state index contributed by atoms with van der Waals surface area (Å²) in [6.07, 6.45) is 3.27. The number of carboxylic acids is 2. The summed E-state index contributed by atoms with van der Waals surface area (Å²) >= 11 is 5.55. The molecular formula is C100H149N21O24S2. The van der Waals surface area contributed by atoms with Crippen molar-refractivity contribution in [3.05, 3.63) is 108 Å². The maximum atomic E-state index is 14.8. The van der Waals surface area contributed by atoms with Crippen LogP contribution in [-0.4, -0.2) is 314 Å². The van der Waals surface area contributed by atoms with Crippen molar-refractivity contribution in [1.29, 1.82) is 0 Å². The molecule has 1 aromatic heterocycles. The molecule has 0 saturated carbocycles. The number of aliphatic hydroxyl groups excluding tert-OH is 1. The Hall–Kier alpha value is -13.3. The lowest BCUT2D eigenvalue weighted by atomic mass is 9.99. The van der Waals surface area contributed by atoms with E-state index in [2.05, 4.69) is 108 Å². The van der Waals surface area contributed by atoms with Crippen LogP contribution in [0.5, 0.6) is 0 Å². The largest absolute Gasteiger partial charge is 0.481 e. The number of para-hydroxylation sites is 1. The van der Waals surface area contributed by atoms with E-state index in [0.717, 1.165) is 16.5 Å². The van der Waals surface area contributed by atoms with Gasteiger partial charge in [0.1, 0.15) is 96.7 Å². The van der Waals surface area contributed by atoms with Crippen LogP contribution in [0.1, 0.15) is 184 Å². The van der Waals surface area contributed by atoms with Gasteiger partial charge in [-0.3, -0.25) is 101 Å². The number of thiol groups is 1. The average molecular weight is 2090 g/mol. The number of amides is 19. The highest BCUT2D eigenvalue weighted by Gasteiger charge is 2.44. The van der Waals surface area contributed by atoms with Crippen molar-refractivity contribution < 1.29 is 116 Å². The number of nitrogens with one attached hydrogen (secondary N) is 18. The molecule has 2 fully saturated rings. The molecular weight excluding hydrogens is 1940 g/mol. The summed E-state index contributed by atoms with van der Waals surface area (Å²) in [6.45, 7) is 18.8. The molecule has 4 aromatic rings. The highest BCUT2D eigenvalue weighted by molar-refractivity contribution is 7.98. The number of carbonyl (C=O) groups excluding carboxylic acids is 19. The average Bonchev–Trinajstić information content (AvgIpc) is 1.73. The molecule has 810 valence electrons. The van der Waals surface area contributed by atoms with Crippen LogP contribution in [0.2, 0.25) is 0 Å². The standard InChI is InChI=1S/C100H149N21O24S2/c1-53(2)39-69(87(131)103-49-81(124)109-74(43-57(9)10)98(142)121-37-24-32-79(121)97(141)117-72(42-56(7)8)92(136)118-75(45-62-27-19-16-20-28-62)99(143)120-36-23-31-78(120)96(140)105-48-80(123)106-60(13)100(144)145)113-93(137)73(44-61-25-17-15-18-26-61)116-91(135)71(41-55(5)6)115-90(134)67(33-34-83(126)127)111-85(129)59(12)107-84(128)58(11)108-89(133)68(35-38-147-14)112-95(139)77(52-146)110-82(125)50-104-88(132)70(40-54(3)4)114-94(138)76(51-122)119-86(130)65(101)46-63-47-102-66-30-22-21-29-64(63)66/h15-22,25-30,47,53-60,65,67-79,102,122,146H,23-24,31-46,48-52,101H2,1-14H3,(H,103,131)(H,104,132)(H,105,140)(H,106,123)(H,107,128)(H,108,133)(H,109,124)(H,110,125)(H,111,129)(H,112,139)(H,113,137)(H,114,138)(H,115,134)(H,116,135)(H,117,141)(H,118,136)(H,119,130)(H,126,127)(H,144,145)/t58-,59-,60-,65-,67-,68-,69-,70-,71-,72-,73-,74-,75-,76-,77-,78-,79-/m0/s1. The quantitative estimate of drug-likeness (QED) is 0.0225. The van der Waals surface area contributed by atoms with Gasteiger partial charge in [0.15, 0.2) is 0 Å². The minimum Gasteiger partial charge on any atom is -0.481 e. The summed E-state index contributed by atoms with van der Waals surface area (Å²) in [5.74, 6) is -19.7. The number of hydrogen-bond donors (Lipinski definition) is 23. The van der Waals surface area contributed by atoms with Crippen molar-refractivity contribution in [1.82, 2.24) is 105 Å². The summed E-state index contributed by atoms with van der Waals surface area (Å²) in [5, 5.41) is 73.6. The van der Waals surface area contributed by atoms with Crippen LogP contribution in [0, 0.1) is 29.6 Å².